The molecule has 4 aromatic rings. The van der Waals surface area contributed by atoms with Crippen molar-refractivity contribution in [2.24, 2.45) is 0 Å². The first-order valence-electron chi connectivity index (χ1n) is 10.9. The van der Waals surface area contributed by atoms with E-state index in [1.807, 2.05) is 0 Å². The average Bonchev–Trinajstić information content (AvgIpc) is 2.81. The number of para-hydroxylation sites is 1. The minimum absolute atomic E-state index is 0.928. The van der Waals surface area contributed by atoms with Crippen LogP contribution in [-0.4, -0.2) is 6.54 Å². The third-order valence-corrected chi connectivity index (χ3v) is 5.63. The predicted molar refractivity (Wildman–Crippen MR) is 135 cm³/mol. The van der Waals surface area contributed by atoms with Gasteiger partial charge < -0.3 is 4.90 Å². The minimum atomic E-state index is 0.928. The molecule has 154 valence electrons. The van der Waals surface area contributed by atoms with Crippen LogP contribution in [-0.2, 0) is 0 Å². The fourth-order valence-corrected chi connectivity index (χ4v) is 3.84. The van der Waals surface area contributed by atoms with Gasteiger partial charge in [-0.3, -0.25) is 0 Å². The maximum absolute atomic E-state index is 2.33. The monoisotopic (exact) mass is 403 g/mol. The summed E-state index contributed by atoms with van der Waals surface area (Å²) in [6, 6.07) is 37.0. The molecule has 1 nitrogen and oxygen atoms in total. The molecule has 0 amide bonds. The van der Waals surface area contributed by atoms with Gasteiger partial charge in [0.2, 0.25) is 0 Å². The van der Waals surface area contributed by atoms with Crippen molar-refractivity contribution in [3.63, 3.8) is 0 Å². The fraction of sp³-hybridized carbons (Fsp3) is 0.133. The van der Waals surface area contributed by atoms with Gasteiger partial charge in [0.1, 0.15) is 0 Å². The Bertz CT molecular complexity index is 1090. The first kappa shape index (κ1) is 20.7. The highest BCUT2D eigenvalue weighted by molar-refractivity contribution is 5.91. The van der Waals surface area contributed by atoms with Crippen molar-refractivity contribution >= 4 is 23.0 Å². The molecule has 0 unspecified atom stereocenters. The molecule has 0 N–H and O–H groups in total. The highest BCUT2D eigenvalue weighted by Gasteiger charge is 2.08. The second kappa shape index (κ2) is 9.49. The molecule has 0 bridgehead atoms. The molecule has 0 aliphatic rings. The van der Waals surface area contributed by atoms with E-state index in [9.17, 15) is 0 Å². The zero-order valence-corrected chi connectivity index (χ0v) is 18.5. The van der Waals surface area contributed by atoms with Crippen molar-refractivity contribution in [2.45, 2.75) is 20.8 Å². The number of nitrogens with zero attached hydrogens (tertiary/aromatic N) is 1. The van der Waals surface area contributed by atoms with E-state index in [-0.39, 0.29) is 0 Å². The van der Waals surface area contributed by atoms with Gasteiger partial charge in [-0.05, 0) is 73.4 Å². The summed E-state index contributed by atoms with van der Waals surface area (Å²) in [6.45, 7) is 7.37. The van der Waals surface area contributed by atoms with E-state index in [2.05, 4.69) is 135 Å². The van der Waals surface area contributed by atoms with Crippen LogP contribution in [0.1, 0.15) is 34.7 Å². The smallest absolute Gasteiger partial charge is 0.0411 e. The van der Waals surface area contributed by atoms with E-state index >= 15 is 0 Å². The summed E-state index contributed by atoms with van der Waals surface area (Å²) in [5.41, 5.74) is 9.88. The predicted octanol–water partition coefficient (Wildman–Crippen LogP) is 8.05. The summed E-state index contributed by atoms with van der Waals surface area (Å²) in [5, 5.41) is 0. The van der Waals surface area contributed by atoms with Crippen LogP contribution in [0.25, 0.3) is 11.6 Å². The maximum Gasteiger partial charge on any atom is 0.0411 e. The van der Waals surface area contributed by atoms with Gasteiger partial charge in [-0.15, -0.1) is 0 Å². The Morgan fingerprint density at radius 1 is 0.613 bits per heavy atom. The molecule has 0 spiro atoms. The Kier molecular flexibility index (Phi) is 6.33. The van der Waals surface area contributed by atoms with E-state index < -0.39 is 0 Å². The number of benzene rings is 4. The van der Waals surface area contributed by atoms with Crippen molar-refractivity contribution in [1.29, 1.82) is 0 Å². The number of aryl methyl sites for hydroxylation is 2. The minimum Gasteiger partial charge on any atom is -0.342 e. The SMILES string of the molecule is CCN(c1ccccc1)c1ccc(C=C(c2ccc(C)cc2)c2ccc(C)cc2)cc1. The summed E-state index contributed by atoms with van der Waals surface area (Å²) in [4.78, 5) is 2.33. The Balaban J connectivity index is 1.70. The zero-order valence-electron chi connectivity index (χ0n) is 18.5. The second-order valence-electron chi connectivity index (χ2n) is 7.96. The third kappa shape index (κ3) is 4.95. The summed E-state index contributed by atoms with van der Waals surface area (Å²) < 4.78 is 0. The lowest BCUT2D eigenvalue weighted by atomic mass is 9.94. The van der Waals surface area contributed by atoms with E-state index in [4.69, 9.17) is 0 Å². The molecule has 0 fully saturated rings. The normalized spacial score (nSPS) is 10.5. The van der Waals surface area contributed by atoms with Gasteiger partial charge >= 0.3 is 0 Å². The van der Waals surface area contributed by atoms with Gasteiger partial charge in [-0.1, -0.05) is 90.0 Å². The van der Waals surface area contributed by atoms with Crippen molar-refractivity contribution in [2.75, 3.05) is 11.4 Å². The van der Waals surface area contributed by atoms with Crippen molar-refractivity contribution < 1.29 is 0 Å². The molecule has 0 heterocycles. The highest BCUT2D eigenvalue weighted by atomic mass is 15.1. The lowest BCUT2D eigenvalue weighted by Crippen LogP contribution is -2.15. The standard InChI is InChI=1S/C30H29N/c1-4-31(28-8-6-5-7-9-28)29-20-14-25(15-21-29)22-30(26-16-10-23(2)11-17-26)27-18-12-24(3)13-19-27/h5-22H,4H2,1-3H3. The van der Waals surface area contributed by atoms with E-state index in [1.54, 1.807) is 0 Å². The third-order valence-electron chi connectivity index (χ3n) is 5.63. The van der Waals surface area contributed by atoms with Gasteiger partial charge in [0.05, 0.1) is 0 Å². The quantitative estimate of drug-likeness (QED) is 0.294. The van der Waals surface area contributed by atoms with Crippen LogP contribution in [0.3, 0.4) is 0 Å². The molecule has 4 aromatic carbocycles. The van der Waals surface area contributed by atoms with Crippen LogP contribution in [0.15, 0.2) is 103 Å². The molecule has 0 radical (unpaired) electrons. The number of rotatable bonds is 6. The number of hydrogen-bond donors (Lipinski definition) is 0. The zero-order chi connectivity index (χ0) is 21.6. The summed E-state index contributed by atoms with van der Waals surface area (Å²) in [7, 11) is 0. The molecule has 31 heavy (non-hydrogen) atoms. The van der Waals surface area contributed by atoms with E-state index in [1.165, 1.54) is 44.8 Å². The fourth-order valence-electron chi connectivity index (χ4n) is 3.84. The Hall–Kier alpha value is -3.58. The van der Waals surface area contributed by atoms with Crippen LogP contribution in [0.5, 0.6) is 0 Å². The van der Waals surface area contributed by atoms with E-state index in [0.717, 1.165) is 6.54 Å². The summed E-state index contributed by atoms with van der Waals surface area (Å²) >= 11 is 0. The topological polar surface area (TPSA) is 3.24 Å². The first-order chi connectivity index (χ1) is 15.1. The van der Waals surface area contributed by atoms with Gasteiger partial charge in [0.15, 0.2) is 0 Å². The molecule has 0 atom stereocenters. The number of anilines is 2. The van der Waals surface area contributed by atoms with Gasteiger partial charge in [-0.25, -0.2) is 0 Å². The Morgan fingerprint density at radius 2 is 1.10 bits per heavy atom. The van der Waals surface area contributed by atoms with Crippen LogP contribution >= 0.6 is 0 Å². The molecule has 1 heteroatoms. The second-order valence-corrected chi connectivity index (χ2v) is 7.96. The van der Waals surface area contributed by atoms with Crippen molar-refractivity contribution in [3.8, 4) is 0 Å². The molecule has 0 saturated carbocycles. The van der Waals surface area contributed by atoms with Crippen LogP contribution < -0.4 is 4.90 Å². The van der Waals surface area contributed by atoms with Gasteiger partial charge in [0, 0.05) is 17.9 Å². The Morgan fingerprint density at radius 3 is 1.58 bits per heavy atom. The van der Waals surface area contributed by atoms with E-state index in [0.29, 0.717) is 0 Å². The molecule has 0 aromatic heterocycles. The number of hydrogen-bond acceptors (Lipinski definition) is 1. The van der Waals surface area contributed by atoms with Crippen LogP contribution in [0.4, 0.5) is 11.4 Å². The highest BCUT2D eigenvalue weighted by Crippen LogP contribution is 2.29. The largest absolute Gasteiger partial charge is 0.342 e. The lowest BCUT2D eigenvalue weighted by Gasteiger charge is -2.23. The molecular formula is C30H29N. The average molecular weight is 404 g/mol. The Labute approximate surface area is 186 Å². The molecule has 0 aliphatic carbocycles. The molecular weight excluding hydrogens is 374 g/mol. The molecule has 4 rings (SSSR count). The summed E-state index contributed by atoms with van der Waals surface area (Å²) in [5.74, 6) is 0. The van der Waals surface area contributed by atoms with Crippen molar-refractivity contribution in [3.05, 3.63) is 131 Å². The summed E-state index contributed by atoms with van der Waals surface area (Å²) in [6.07, 6.45) is 2.29. The van der Waals surface area contributed by atoms with Gasteiger partial charge in [-0.2, -0.15) is 0 Å². The first-order valence-corrected chi connectivity index (χ1v) is 10.9. The van der Waals surface area contributed by atoms with Gasteiger partial charge in [0.25, 0.3) is 0 Å². The maximum atomic E-state index is 2.33. The lowest BCUT2D eigenvalue weighted by molar-refractivity contribution is 1.02. The van der Waals surface area contributed by atoms with Crippen molar-refractivity contribution in [1.82, 2.24) is 0 Å². The van der Waals surface area contributed by atoms with Crippen LogP contribution in [0.2, 0.25) is 0 Å². The molecule has 0 saturated heterocycles. The van der Waals surface area contributed by atoms with Crippen LogP contribution in [0, 0.1) is 13.8 Å². The molecule has 0 aliphatic heterocycles.